The average molecular weight is 534 g/mol. The number of nitrogens with one attached hydrogen (secondary N) is 1. The molecule has 1 aromatic heterocycles. The number of carboxylic acid groups (broad SMARTS) is 1. The Labute approximate surface area is 229 Å². The van der Waals surface area contributed by atoms with E-state index in [0.717, 1.165) is 16.2 Å². The molecular formula is C19H20N5NaO8S2. The zero-order chi connectivity index (χ0) is 24.6. The van der Waals surface area contributed by atoms with Crippen LogP contribution < -0.4 is 45.7 Å². The van der Waals surface area contributed by atoms with Crippen molar-refractivity contribution in [2.24, 2.45) is 5.16 Å². The third-order valence-corrected chi connectivity index (χ3v) is 7.49. The van der Waals surface area contributed by atoms with Gasteiger partial charge in [0.25, 0.3) is 11.8 Å². The first-order chi connectivity index (χ1) is 16.3. The normalized spacial score (nSPS) is 25.8. The number of β-lactam (4-membered cyclic amide) rings is 1. The van der Waals surface area contributed by atoms with Crippen LogP contribution in [0.1, 0.15) is 18.5 Å². The van der Waals surface area contributed by atoms with Crippen LogP contribution in [0.25, 0.3) is 0 Å². The number of nitrogen functional groups attached to an aromatic ring is 1. The Hall–Kier alpha value is -2.17. The van der Waals surface area contributed by atoms with Crippen molar-refractivity contribution in [1.82, 2.24) is 15.2 Å². The van der Waals surface area contributed by atoms with Crippen LogP contribution >= 0.6 is 23.1 Å². The van der Waals surface area contributed by atoms with E-state index in [1.807, 2.05) is 0 Å². The molecule has 3 aliphatic rings. The van der Waals surface area contributed by atoms with Gasteiger partial charge in [0.1, 0.15) is 24.2 Å². The largest absolute Gasteiger partial charge is 1.00 e. The summed E-state index contributed by atoms with van der Waals surface area (Å²) in [4.78, 5) is 59.2. The number of thiazole rings is 1. The van der Waals surface area contributed by atoms with Crippen LogP contribution in [0.4, 0.5) is 5.13 Å². The molecule has 0 unspecified atom stereocenters. The second-order valence-corrected chi connectivity index (χ2v) is 9.42. The van der Waals surface area contributed by atoms with Crippen molar-refractivity contribution in [3.8, 4) is 0 Å². The van der Waals surface area contributed by atoms with E-state index in [-0.39, 0.29) is 57.5 Å². The maximum Gasteiger partial charge on any atom is 1.00 e. The molecule has 13 nitrogen and oxygen atoms in total. The first-order valence-corrected chi connectivity index (χ1v) is 11.9. The van der Waals surface area contributed by atoms with Gasteiger partial charge in [-0.2, -0.15) is 0 Å². The van der Waals surface area contributed by atoms with Crippen molar-refractivity contribution in [1.29, 1.82) is 0 Å². The molecular weight excluding hydrogens is 513 g/mol. The molecule has 0 bridgehead atoms. The summed E-state index contributed by atoms with van der Waals surface area (Å²) < 4.78 is 10.4. The van der Waals surface area contributed by atoms with Gasteiger partial charge >= 0.3 is 35.5 Å². The summed E-state index contributed by atoms with van der Waals surface area (Å²) in [6.45, 7) is 0. The number of thioether (sulfide) groups is 1. The van der Waals surface area contributed by atoms with E-state index in [1.165, 1.54) is 31.4 Å². The zero-order valence-electron chi connectivity index (χ0n) is 19.0. The number of carboxylic acids is 1. The summed E-state index contributed by atoms with van der Waals surface area (Å²) >= 11 is 2.37. The van der Waals surface area contributed by atoms with Crippen LogP contribution in [0.15, 0.2) is 21.8 Å². The van der Waals surface area contributed by atoms with Gasteiger partial charge in [0.2, 0.25) is 0 Å². The zero-order valence-corrected chi connectivity index (χ0v) is 22.6. The van der Waals surface area contributed by atoms with Gasteiger partial charge < -0.3 is 35.3 Å². The summed E-state index contributed by atoms with van der Waals surface area (Å²) in [6, 6.07) is -1.00. The minimum Gasteiger partial charge on any atom is -0.543 e. The predicted octanol–water partition coefficient (Wildman–Crippen LogP) is -4.80. The van der Waals surface area contributed by atoms with Gasteiger partial charge in [0.15, 0.2) is 16.9 Å². The second kappa shape index (κ2) is 11.3. The number of nitrogens with two attached hydrogens (primary N) is 1. The SMILES string of the molecule is CO/N=C(\C(=O)N[C@@H]1C(=O)N2C(C(=O)[O-])=C([C@@H]3CC[C@@H](C(=O)OC)O3)CS[C@H]12)c1csc(N)n1.[Na+]. The van der Waals surface area contributed by atoms with Crippen molar-refractivity contribution in [2.45, 2.75) is 36.5 Å². The standard InChI is InChI=1S/C19H21N5O8S2.Na/c1-30-18(29)10-4-3-9(32-10)7-5-33-16-12(15(26)24(16)13(7)17(27)28)22-14(25)11(23-31-2)8-6-34-19(20)21-8;/h6,9-10,12,16H,3-5H2,1-2H3,(H2,20,21)(H,22,25)(H,27,28);/q;+1/p-1/b23-11-;/t9-,10-,12+,16+;/m0./s1. The van der Waals surface area contributed by atoms with Crippen molar-refractivity contribution in [2.75, 3.05) is 25.7 Å². The van der Waals surface area contributed by atoms with E-state index >= 15 is 0 Å². The quantitative estimate of drug-likeness (QED) is 0.113. The Morgan fingerprint density at radius 3 is 2.69 bits per heavy atom. The number of hydrogen-bond donors (Lipinski definition) is 2. The first-order valence-electron chi connectivity index (χ1n) is 10.0. The molecule has 35 heavy (non-hydrogen) atoms. The summed E-state index contributed by atoms with van der Waals surface area (Å²) in [5.74, 6) is -3.22. The molecule has 0 aliphatic carbocycles. The minimum absolute atomic E-state index is 0. The third kappa shape index (κ3) is 5.20. The van der Waals surface area contributed by atoms with E-state index in [1.54, 1.807) is 0 Å². The van der Waals surface area contributed by atoms with E-state index < -0.39 is 47.4 Å². The number of carbonyl (C=O) groups excluding carboxylic acids is 4. The Morgan fingerprint density at radius 1 is 1.34 bits per heavy atom. The number of aliphatic carboxylic acids is 1. The summed E-state index contributed by atoms with van der Waals surface area (Å²) in [7, 11) is 2.50. The number of rotatable bonds is 7. The van der Waals surface area contributed by atoms with Crippen LogP contribution in [-0.2, 0) is 33.5 Å². The van der Waals surface area contributed by atoms with Crippen LogP contribution in [-0.4, -0.2) is 82.9 Å². The maximum absolute atomic E-state index is 12.9. The Bertz CT molecular complexity index is 1110. The summed E-state index contributed by atoms with van der Waals surface area (Å²) in [6.07, 6.45) is -0.703. The molecule has 0 radical (unpaired) electrons. The van der Waals surface area contributed by atoms with Crippen LogP contribution in [0, 0.1) is 0 Å². The van der Waals surface area contributed by atoms with Gasteiger partial charge in [-0.15, -0.1) is 23.1 Å². The molecule has 1 aromatic rings. The van der Waals surface area contributed by atoms with Gasteiger partial charge in [-0.1, -0.05) is 5.16 Å². The summed E-state index contributed by atoms with van der Waals surface area (Å²) in [5, 5.41) is 19.3. The molecule has 0 spiro atoms. The van der Waals surface area contributed by atoms with Crippen molar-refractivity contribution < 1.29 is 68.2 Å². The molecule has 16 heteroatoms. The first kappa shape index (κ1) is 27.4. The number of aromatic nitrogens is 1. The van der Waals surface area contributed by atoms with Crippen molar-refractivity contribution >= 4 is 57.7 Å². The Kier molecular flexibility index (Phi) is 8.82. The van der Waals surface area contributed by atoms with Crippen LogP contribution in [0.5, 0.6) is 0 Å². The smallest absolute Gasteiger partial charge is 0.543 e. The number of anilines is 1. The molecule has 4 atom stereocenters. The number of methoxy groups -OCH3 is 1. The van der Waals surface area contributed by atoms with Gasteiger partial charge in [0.05, 0.1) is 24.9 Å². The summed E-state index contributed by atoms with van der Waals surface area (Å²) in [5.41, 5.74) is 5.67. The number of ether oxygens (including phenoxy) is 2. The Morgan fingerprint density at radius 2 is 2.09 bits per heavy atom. The van der Waals surface area contributed by atoms with E-state index in [0.29, 0.717) is 18.4 Å². The third-order valence-electron chi connectivity index (χ3n) is 5.51. The van der Waals surface area contributed by atoms with E-state index in [9.17, 15) is 24.3 Å². The fourth-order valence-corrected chi connectivity index (χ4v) is 5.93. The van der Waals surface area contributed by atoms with E-state index in [2.05, 4.69) is 20.2 Å². The second-order valence-electron chi connectivity index (χ2n) is 7.43. The number of esters is 1. The number of nitrogens with zero attached hydrogens (tertiary/aromatic N) is 3. The predicted molar refractivity (Wildman–Crippen MR) is 117 cm³/mol. The van der Waals surface area contributed by atoms with Gasteiger partial charge in [-0.25, -0.2) is 9.78 Å². The number of amides is 2. The van der Waals surface area contributed by atoms with Crippen LogP contribution in [0.3, 0.4) is 0 Å². The number of fused-ring (bicyclic) bond motifs is 1. The monoisotopic (exact) mass is 533 g/mol. The van der Waals surface area contributed by atoms with Gasteiger partial charge in [-0.3, -0.25) is 14.5 Å². The molecule has 182 valence electrons. The molecule has 0 saturated carbocycles. The Balaban J connectivity index is 0.00000342. The molecule has 3 aliphatic heterocycles. The molecule has 2 fully saturated rings. The fraction of sp³-hybridized carbons (Fsp3) is 0.474. The van der Waals surface area contributed by atoms with Crippen molar-refractivity contribution in [3.63, 3.8) is 0 Å². The van der Waals surface area contributed by atoms with Gasteiger partial charge in [0, 0.05) is 11.1 Å². The van der Waals surface area contributed by atoms with Crippen LogP contribution in [0.2, 0.25) is 0 Å². The fourth-order valence-electron chi connectivity index (χ4n) is 3.98. The molecule has 2 amide bonds. The molecule has 0 aromatic carbocycles. The number of carbonyl (C=O) groups is 4. The molecule has 4 rings (SSSR count). The molecule has 2 saturated heterocycles. The molecule has 4 heterocycles. The minimum atomic E-state index is -1.54. The number of oxime groups is 1. The van der Waals surface area contributed by atoms with Crippen molar-refractivity contribution in [3.05, 3.63) is 22.3 Å². The number of hydrogen-bond acceptors (Lipinski definition) is 13. The van der Waals surface area contributed by atoms with Gasteiger partial charge in [-0.05, 0) is 18.4 Å². The topological polar surface area (TPSA) is 186 Å². The maximum atomic E-state index is 12.9. The van der Waals surface area contributed by atoms with E-state index in [4.69, 9.17) is 15.3 Å². The average Bonchev–Trinajstić information content (AvgIpc) is 3.48. The molecule has 3 N–H and O–H groups in total.